The molecular formula is C12H16O3. The third kappa shape index (κ3) is 3.36. The van der Waals surface area contributed by atoms with Crippen molar-refractivity contribution in [1.82, 2.24) is 0 Å². The molecule has 0 saturated heterocycles. The first-order chi connectivity index (χ1) is 7.00. The molecule has 1 aromatic carbocycles. The molecule has 3 heteroatoms. The van der Waals surface area contributed by atoms with Crippen LogP contribution in [0, 0.1) is 5.92 Å². The van der Waals surface area contributed by atoms with Crippen molar-refractivity contribution >= 4 is 5.97 Å². The Balaban J connectivity index is 2.87. The molecule has 0 radical (unpaired) electrons. The molecule has 82 valence electrons. The summed E-state index contributed by atoms with van der Waals surface area (Å²) >= 11 is 0. The average molecular weight is 208 g/mol. The quantitative estimate of drug-likeness (QED) is 0.795. The van der Waals surface area contributed by atoms with Gasteiger partial charge >= 0.3 is 5.97 Å². The summed E-state index contributed by atoms with van der Waals surface area (Å²) in [6, 6.07) is 7.10. The molecule has 0 amide bonds. The van der Waals surface area contributed by atoms with E-state index in [1.165, 1.54) is 0 Å². The highest BCUT2D eigenvalue weighted by molar-refractivity contribution is 5.74. The molecule has 1 atom stereocenters. The summed E-state index contributed by atoms with van der Waals surface area (Å²) in [6.07, 6.45) is -0.530. The zero-order chi connectivity index (χ0) is 11.4. The second-order valence-electron chi connectivity index (χ2n) is 4.08. The predicted octanol–water partition coefficient (Wildman–Crippen LogP) is 2.00. The Morgan fingerprint density at radius 1 is 1.40 bits per heavy atom. The number of carbonyl (C=O) groups is 1. The maximum absolute atomic E-state index is 10.6. The molecule has 0 aliphatic rings. The minimum Gasteiger partial charge on any atom is -0.479 e. The van der Waals surface area contributed by atoms with E-state index in [9.17, 15) is 9.90 Å². The van der Waals surface area contributed by atoms with Crippen molar-refractivity contribution in [2.24, 2.45) is 5.92 Å². The van der Waals surface area contributed by atoms with Crippen LogP contribution in [-0.2, 0) is 11.2 Å². The van der Waals surface area contributed by atoms with E-state index in [0.717, 1.165) is 12.0 Å². The lowest BCUT2D eigenvalue weighted by atomic mass is 9.99. The van der Waals surface area contributed by atoms with E-state index < -0.39 is 12.1 Å². The molecule has 0 fully saturated rings. The summed E-state index contributed by atoms with van der Waals surface area (Å²) in [4.78, 5) is 10.6. The summed E-state index contributed by atoms with van der Waals surface area (Å²) in [6.45, 7) is 4.20. The highest BCUT2D eigenvalue weighted by Gasteiger charge is 2.15. The minimum atomic E-state index is -1.42. The smallest absolute Gasteiger partial charge is 0.337 e. The van der Waals surface area contributed by atoms with Crippen LogP contribution in [0.15, 0.2) is 24.3 Å². The number of aliphatic carboxylic acids is 1. The van der Waals surface area contributed by atoms with Gasteiger partial charge in [-0.3, -0.25) is 0 Å². The molecule has 0 bridgehead atoms. The van der Waals surface area contributed by atoms with Crippen LogP contribution < -0.4 is 0 Å². The van der Waals surface area contributed by atoms with E-state index in [2.05, 4.69) is 13.8 Å². The molecule has 0 heterocycles. The highest BCUT2D eigenvalue weighted by Crippen LogP contribution is 2.16. The first kappa shape index (κ1) is 11.7. The Morgan fingerprint density at radius 3 is 2.60 bits per heavy atom. The summed E-state index contributed by atoms with van der Waals surface area (Å²) in [5.74, 6) is -0.695. The van der Waals surface area contributed by atoms with Crippen molar-refractivity contribution in [3.05, 3.63) is 35.4 Å². The first-order valence-electron chi connectivity index (χ1n) is 5.00. The van der Waals surface area contributed by atoms with Gasteiger partial charge in [0.1, 0.15) is 0 Å². The molecule has 1 aromatic rings. The second kappa shape index (κ2) is 4.94. The van der Waals surface area contributed by atoms with Gasteiger partial charge in [-0.25, -0.2) is 4.79 Å². The van der Waals surface area contributed by atoms with Gasteiger partial charge in [-0.2, -0.15) is 0 Å². The number of benzene rings is 1. The van der Waals surface area contributed by atoms with Crippen molar-refractivity contribution in [1.29, 1.82) is 0 Å². The summed E-state index contributed by atoms with van der Waals surface area (Å²) in [5.41, 5.74) is 1.50. The summed E-state index contributed by atoms with van der Waals surface area (Å²) in [7, 11) is 0. The molecule has 15 heavy (non-hydrogen) atoms. The van der Waals surface area contributed by atoms with E-state index >= 15 is 0 Å². The normalized spacial score (nSPS) is 12.8. The Bertz CT molecular complexity index is 344. The number of carboxylic acids is 1. The number of aliphatic hydroxyl groups is 1. The summed E-state index contributed by atoms with van der Waals surface area (Å²) < 4.78 is 0. The van der Waals surface area contributed by atoms with Gasteiger partial charge in [0.25, 0.3) is 0 Å². The van der Waals surface area contributed by atoms with Crippen LogP contribution in [-0.4, -0.2) is 16.2 Å². The van der Waals surface area contributed by atoms with Gasteiger partial charge in [-0.1, -0.05) is 38.1 Å². The molecule has 0 spiro atoms. The fourth-order valence-electron chi connectivity index (χ4n) is 1.50. The van der Waals surface area contributed by atoms with E-state index in [1.54, 1.807) is 18.2 Å². The van der Waals surface area contributed by atoms with Crippen LogP contribution in [0.2, 0.25) is 0 Å². The van der Waals surface area contributed by atoms with Gasteiger partial charge in [0.2, 0.25) is 0 Å². The van der Waals surface area contributed by atoms with E-state index in [1.807, 2.05) is 6.07 Å². The second-order valence-corrected chi connectivity index (χ2v) is 4.08. The van der Waals surface area contributed by atoms with Crippen molar-refractivity contribution in [2.75, 3.05) is 0 Å². The lowest BCUT2D eigenvalue weighted by Gasteiger charge is -2.09. The van der Waals surface area contributed by atoms with Crippen molar-refractivity contribution < 1.29 is 15.0 Å². The molecular weight excluding hydrogens is 192 g/mol. The molecule has 0 saturated carbocycles. The van der Waals surface area contributed by atoms with Gasteiger partial charge in [-0.15, -0.1) is 0 Å². The zero-order valence-electron chi connectivity index (χ0n) is 8.97. The van der Waals surface area contributed by atoms with Crippen LogP contribution in [0.5, 0.6) is 0 Å². The molecule has 0 aliphatic carbocycles. The largest absolute Gasteiger partial charge is 0.479 e. The van der Waals surface area contributed by atoms with Crippen molar-refractivity contribution in [3.63, 3.8) is 0 Å². The standard InChI is InChI=1S/C12H16O3/c1-8(2)6-9-4-3-5-10(7-9)11(13)12(14)15/h3-5,7-8,11,13H,6H2,1-2H3,(H,14,15)/t11-/m1/s1. The fourth-order valence-corrected chi connectivity index (χ4v) is 1.50. The van der Waals surface area contributed by atoms with E-state index in [4.69, 9.17) is 5.11 Å². The fraction of sp³-hybridized carbons (Fsp3) is 0.417. The Labute approximate surface area is 89.4 Å². The third-order valence-corrected chi connectivity index (χ3v) is 2.14. The Morgan fingerprint density at radius 2 is 2.07 bits per heavy atom. The highest BCUT2D eigenvalue weighted by atomic mass is 16.4. The van der Waals surface area contributed by atoms with E-state index in [0.29, 0.717) is 11.5 Å². The molecule has 2 N–H and O–H groups in total. The van der Waals surface area contributed by atoms with Gasteiger partial charge in [0.05, 0.1) is 0 Å². The predicted molar refractivity (Wildman–Crippen MR) is 57.6 cm³/mol. The van der Waals surface area contributed by atoms with Crippen LogP contribution >= 0.6 is 0 Å². The van der Waals surface area contributed by atoms with Crippen LogP contribution in [0.25, 0.3) is 0 Å². The molecule has 1 rings (SSSR count). The van der Waals surface area contributed by atoms with Crippen molar-refractivity contribution in [3.8, 4) is 0 Å². The Hall–Kier alpha value is -1.35. The SMILES string of the molecule is CC(C)Cc1cccc([C@@H](O)C(=O)O)c1. The molecule has 3 nitrogen and oxygen atoms in total. The number of carboxylic acid groups (broad SMARTS) is 1. The average Bonchev–Trinajstić information content (AvgIpc) is 2.16. The lowest BCUT2D eigenvalue weighted by Crippen LogP contribution is -2.10. The van der Waals surface area contributed by atoms with Crippen LogP contribution in [0.3, 0.4) is 0 Å². The first-order valence-corrected chi connectivity index (χ1v) is 5.00. The maximum Gasteiger partial charge on any atom is 0.337 e. The van der Waals surface area contributed by atoms with Crippen LogP contribution in [0.1, 0.15) is 31.1 Å². The third-order valence-electron chi connectivity index (χ3n) is 2.14. The van der Waals surface area contributed by atoms with Gasteiger partial charge < -0.3 is 10.2 Å². The molecule has 0 unspecified atom stereocenters. The monoisotopic (exact) mass is 208 g/mol. The number of hydrogen-bond donors (Lipinski definition) is 2. The molecule has 0 aliphatic heterocycles. The topological polar surface area (TPSA) is 57.5 Å². The minimum absolute atomic E-state index is 0.445. The van der Waals surface area contributed by atoms with Crippen LogP contribution in [0.4, 0.5) is 0 Å². The van der Waals surface area contributed by atoms with E-state index in [-0.39, 0.29) is 0 Å². The van der Waals surface area contributed by atoms with Gasteiger partial charge in [-0.05, 0) is 23.5 Å². The maximum atomic E-state index is 10.6. The van der Waals surface area contributed by atoms with Crippen molar-refractivity contribution in [2.45, 2.75) is 26.4 Å². The Kier molecular flexibility index (Phi) is 3.86. The lowest BCUT2D eigenvalue weighted by molar-refractivity contribution is -0.146. The van der Waals surface area contributed by atoms with Gasteiger partial charge in [0.15, 0.2) is 6.10 Å². The number of aliphatic hydroxyl groups excluding tert-OH is 1. The molecule has 0 aromatic heterocycles. The zero-order valence-corrected chi connectivity index (χ0v) is 8.97. The summed E-state index contributed by atoms with van der Waals surface area (Å²) in [5, 5.41) is 18.0. The number of hydrogen-bond acceptors (Lipinski definition) is 2. The van der Waals surface area contributed by atoms with Gasteiger partial charge in [0, 0.05) is 0 Å². The number of rotatable bonds is 4.